The SMILES string of the molecule is NC1CCc2ccc3c(ccc4ccccc43)c2C1.O=C(OCc1ccccc1)c1ccoc1. The van der Waals surface area contributed by atoms with E-state index in [1.807, 2.05) is 30.3 Å². The Morgan fingerprint density at radius 3 is 2.50 bits per heavy atom. The van der Waals surface area contributed by atoms with Gasteiger partial charge in [0, 0.05) is 6.04 Å². The van der Waals surface area contributed by atoms with Gasteiger partial charge >= 0.3 is 5.97 Å². The highest BCUT2D eigenvalue weighted by Gasteiger charge is 2.18. The van der Waals surface area contributed by atoms with Gasteiger partial charge in [0.2, 0.25) is 0 Å². The molecule has 5 aromatic rings. The topological polar surface area (TPSA) is 65.5 Å². The molecule has 4 nitrogen and oxygen atoms in total. The molecule has 1 unspecified atom stereocenters. The lowest BCUT2D eigenvalue weighted by Crippen LogP contribution is -2.27. The number of furan rings is 1. The Morgan fingerprint density at radius 1 is 0.882 bits per heavy atom. The van der Waals surface area contributed by atoms with Crippen LogP contribution in [0, 0.1) is 0 Å². The summed E-state index contributed by atoms with van der Waals surface area (Å²) < 4.78 is 9.86. The molecular weight excluding hydrogens is 422 g/mol. The number of esters is 1. The lowest BCUT2D eigenvalue weighted by Gasteiger charge is -2.23. The third-order valence-corrected chi connectivity index (χ3v) is 6.36. The van der Waals surface area contributed by atoms with Crippen molar-refractivity contribution in [1.29, 1.82) is 0 Å². The second kappa shape index (κ2) is 9.94. The van der Waals surface area contributed by atoms with Crippen molar-refractivity contribution in [3.8, 4) is 0 Å². The molecule has 1 atom stereocenters. The standard InChI is InChI=1S/C18H17N.C12H10O3/c19-14-8-5-13-7-9-16-15-4-2-1-3-12(15)6-10-17(16)18(13)11-14;13-12(11-6-7-14-9-11)15-8-10-4-2-1-3-5-10/h1-4,6-7,9-10,14H,5,8,11,19H2;1-7,9H,8H2. The van der Waals surface area contributed by atoms with Gasteiger partial charge in [0.1, 0.15) is 12.9 Å². The van der Waals surface area contributed by atoms with Crippen molar-refractivity contribution >= 4 is 27.5 Å². The van der Waals surface area contributed by atoms with Gasteiger partial charge in [-0.2, -0.15) is 0 Å². The molecule has 0 fully saturated rings. The van der Waals surface area contributed by atoms with Crippen LogP contribution >= 0.6 is 0 Å². The predicted molar refractivity (Wildman–Crippen MR) is 136 cm³/mol. The van der Waals surface area contributed by atoms with Crippen molar-refractivity contribution in [2.24, 2.45) is 5.73 Å². The minimum atomic E-state index is -0.368. The zero-order valence-corrected chi connectivity index (χ0v) is 18.9. The summed E-state index contributed by atoms with van der Waals surface area (Å²) in [4.78, 5) is 11.4. The van der Waals surface area contributed by atoms with E-state index in [0.29, 0.717) is 11.6 Å². The van der Waals surface area contributed by atoms with Crippen molar-refractivity contribution < 1.29 is 13.9 Å². The number of ether oxygens (including phenoxy) is 1. The number of aryl methyl sites for hydroxylation is 1. The maximum absolute atomic E-state index is 11.4. The van der Waals surface area contributed by atoms with Gasteiger partial charge in [-0.25, -0.2) is 4.79 Å². The van der Waals surface area contributed by atoms with Crippen molar-refractivity contribution in [2.75, 3.05) is 0 Å². The highest BCUT2D eigenvalue weighted by molar-refractivity contribution is 6.08. The smallest absolute Gasteiger partial charge is 0.341 e. The van der Waals surface area contributed by atoms with Crippen LogP contribution in [0.15, 0.2) is 102 Å². The van der Waals surface area contributed by atoms with Gasteiger partial charge in [-0.05, 0) is 63.6 Å². The Kier molecular flexibility index (Phi) is 6.41. The Hall–Kier alpha value is -3.89. The minimum Gasteiger partial charge on any atom is -0.472 e. The maximum atomic E-state index is 11.4. The van der Waals surface area contributed by atoms with E-state index in [0.717, 1.165) is 24.8 Å². The van der Waals surface area contributed by atoms with Crippen molar-refractivity contribution in [3.05, 3.63) is 120 Å². The number of benzene rings is 4. The van der Waals surface area contributed by atoms with E-state index < -0.39 is 0 Å². The summed E-state index contributed by atoms with van der Waals surface area (Å²) in [5, 5.41) is 5.43. The molecule has 0 spiro atoms. The third kappa shape index (κ3) is 4.73. The lowest BCUT2D eigenvalue weighted by molar-refractivity contribution is 0.0472. The van der Waals surface area contributed by atoms with Gasteiger partial charge < -0.3 is 14.9 Å². The third-order valence-electron chi connectivity index (χ3n) is 6.36. The summed E-state index contributed by atoms with van der Waals surface area (Å²) in [6.07, 6.45) is 6.07. The van der Waals surface area contributed by atoms with E-state index in [4.69, 9.17) is 14.9 Å². The van der Waals surface area contributed by atoms with Crippen LogP contribution < -0.4 is 5.73 Å². The minimum absolute atomic E-state index is 0.283. The Labute approximate surface area is 199 Å². The molecule has 0 amide bonds. The number of hydrogen-bond donors (Lipinski definition) is 1. The van der Waals surface area contributed by atoms with Crippen LogP contribution in [0.3, 0.4) is 0 Å². The van der Waals surface area contributed by atoms with E-state index in [1.54, 1.807) is 6.07 Å². The van der Waals surface area contributed by atoms with Crippen LogP contribution in [-0.2, 0) is 24.2 Å². The van der Waals surface area contributed by atoms with Crippen molar-refractivity contribution in [3.63, 3.8) is 0 Å². The molecule has 0 radical (unpaired) electrons. The van der Waals surface area contributed by atoms with Crippen LogP contribution in [0.4, 0.5) is 0 Å². The van der Waals surface area contributed by atoms with E-state index in [1.165, 1.54) is 45.2 Å². The predicted octanol–water partition coefficient (Wildman–Crippen LogP) is 6.45. The van der Waals surface area contributed by atoms with Crippen molar-refractivity contribution in [2.45, 2.75) is 31.9 Å². The van der Waals surface area contributed by atoms with E-state index in [9.17, 15) is 4.79 Å². The molecule has 1 aromatic heterocycles. The quantitative estimate of drug-likeness (QED) is 0.254. The summed E-state index contributed by atoms with van der Waals surface area (Å²) in [7, 11) is 0. The van der Waals surface area contributed by atoms with Gasteiger partial charge in [-0.3, -0.25) is 0 Å². The number of hydrogen-bond acceptors (Lipinski definition) is 4. The summed E-state index contributed by atoms with van der Waals surface area (Å²) in [5.41, 5.74) is 10.5. The first-order valence-electron chi connectivity index (χ1n) is 11.6. The number of rotatable bonds is 3. The highest BCUT2D eigenvalue weighted by atomic mass is 16.5. The second-order valence-corrected chi connectivity index (χ2v) is 8.66. The van der Waals surface area contributed by atoms with Gasteiger partial charge in [-0.15, -0.1) is 0 Å². The van der Waals surface area contributed by atoms with E-state index >= 15 is 0 Å². The highest BCUT2D eigenvalue weighted by Crippen LogP contribution is 2.32. The molecule has 1 aliphatic carbocycles. The number of fused-ring (bicyclic) bond motifs is 5. The first-order chi connectivity index (χ1) is 16.7. The molecule has 1 aliphatic rings. The molecule has 0 saturated carbocycles. The number of carbonyl (C=O) groups excluding carboxylic acids is 1. The Morgan fingerprint density at radius 2 is 1.68 bits per heavy atom. The number of carbonyl (C=O) groups is 1. The maximum Gasteiger partial charge on any atom is 0.341 e. The molecule has 0 bridgehead atoms. The fraction of sp³-hybridized carbons (Fsp3) is 0.167. The van der Waals surface area contributed by atoms with Gasteiger partial charge in [0.25, 0.3) is 0 Å². The molecule has 4 aromatic carbocycles. The molecule has 0 aliphatic heterocycles. The van der Waals surface area contributed by atoms with Crippen LogP contribution in [0.2, 0.25) is 0 Å². The fourth-order valence-corrected chi connectivity index (χ4v) is 4.56. The van der Waals surface area contributed by atoms with Crippen molar-refractivity contribution in [1.82, 2.24) is 0 Å². The zero-order chi connectivity index (χ0) is 23.3. The number of nitrogens with two attached hydrogens (primary N) is 1. The molecular formula is C30H27NO3. The summed E-state index contributed by atoms with van der Waals surface area (Å²) >= 11 is 0. The average Bonchev–Trinajstić information content (AvgIpc) is 3.43. The van der Waals surface area contributed by atoms with Crippen LogP contribution in [-0.4, -0.2) is 12.0 Å². The first kappa shape index (κ1) is 21.9. The van der Waals surface area contributed by atoms with Crippen LogP contribution in [0.5, 0.6) is 0 Å². The van der Waals surface area contributed by atoms with Gasteiger partial charge in [0.15, 0.2) is 0 Å². The zero-order valence-electron chi connectivity index (χ0n) is 18.9. The molecule has 4 heteroatoms. The molecule has 2 N–H and O–H groups in total. The van der Waals surface area contributed by atoms with E-state index in [-0.39, 0.29) is 12.6 Å². The van der Waals surface area contributed by atoms with Crippen LogP contribution in [0.1, 0.15) is 33.5 Å². The first-order valence-corrected chi connectivity index (χ1v) is 11.6. The average molecular weight is 450 g/mol. The summed E-state index contributed by atoms with van der Waals surface area (Å²) in [5.74, 6) is -0.368. The molecule has 170 valence electrons. The summed E-state index contributed by atoms with van der Waals surface area (Å²) in [6, 6.07) is 29.1. The lowest BCUT2D eigenvalue weighted by atomic mass is 9.84. The second-order valence-electron chi connectivity index (χ2n) is 8.66. The van der Waals surface area contributed by atoms with Crippen LogP contribution in [0.25, 0.3) is 21.5 Å². The monoisotopic (exact) mass is 449 g/mol. The van der Waals surface area contributed by atoms with Gasteiger partial charge in [-0.1, -0.05) is 78.9 Å². The Balaban J connectivity index is 0.000000146. The largest absolute Gasteiger partial charge is 0.472 e. The Bertz CT molecular complexity index is 1410. The molecule has 1 heterocycles. The molecule has 6 rings (SSSR count). The molecule has 34 heavy (non-hydrogen) atoms. The molecule has 0 saturated heterocycles. The fourth-order valence-electron chi connectivity index (χ4n) is 4.56. The normalized spacial score (nSPS) is 14.8. The van der Waals surface area contributed by atoms with Gasteiger partial charge in [0.05, 0.1) is 11.8 Å². The van der Waals surface area contributed by atoms with E-state index in [2.05, 4.69) is 48.5 Å². The summed E-state index contributed by atoms with van der Waals surface area (Å²) in [6.45, 7) is 0.283.